The summed E-state index contributed by atoms with van der Waals surface area (Å²) in [6.07, 6.45) is -1.25. The van der Waals surface area contributed by atoms with Gasteiger partial charge in [0.1, 0.15) is 6.10 Å². The average Bonchev–Trinajstić information content (AvgIpc) is 2.77. The van der Waals surface area contributed by atoms with Crippen molar-refractivity contribution >= 4 is 11.8 Å². The average molecular weight is 416 g/mol. The number of hydrogen-bond donors (Lipinski definition) is 0. The van der Waals surface area contributed by atoms with Crippen LogP contribution in [0.5, 0.6) is 11.5 Å². The van der Waals surface area contributed by atoms with Gasteiger partial charge in [0.05, 0.1) is 20.8 Å². The molecular weight excluding hydrogens is 388 g/mol. The van der Waals surface area contributed by atoms with Crippen LogP contribution in [0.2, 0.25) is 0 Å². The molecule has 162 valence electrons. The van der Waals surface area contributed by atoms with Crippen LogP contribution in [-0.2, 0) is 19.0 Å². The number of rotatable bonds is 11. The van der Waals surface area contributed by atoms with Crippen LogP contribution in [0, 0.1) is 0 Å². The molecule has 30 heavy (non-hydrogen) atoms. The van der Waals surface area contributed by atoms with E-state index in [-0.39, 0.29) is 12.2 Å². The molecule has 0 aliphatic heterocycles. The Morgan fingerprint density at radius 2 is 1.57 bits per heavy atom. The van der Waals surface area contributed by atoms with Gasteiger partial charge in [-0.15, -0.1) is 0 Å². The Kier molecular flexibility index (Phi) is 8.83. The maximum Gasteiger partial charge on any atom is 0.379 e. The second-order valence-corrected chi connectivity index (χ2v) is 6.29. The van der Waals surface area contributed by atoms with E-state index in [4.69, 9.17) is 23.7 Å². The number of hydrogen-bond acceptors (Lipinski definition) is 7. The third kappa shape index (κ3) is 5.58. The highest BCUT2D eigenvalue weighted by Crippen LogP contribution is 2.38. The minimum Gasteiger partial charge on any atom is -0.493 e. The molecule has 0 aliphatic rings. The third-order valence-corrected chi connectivity index (χ3v) is 4.38. The van der Waals surface area contributed by atoms with Crippen LogP contribution in [0.4, 0.5) is 0 Å². The van der Waals surface area contributed by atoms with Crippen LogP contribution in [-0.4, -0.2) is 45.5 Å². The summed E-state index contributed by atoms with van der Waals surface area (Å²) in [7, 11) is 2.95. The maximum absolute atomic E-state index is 12.9. The summed E-state index contributed by atoms with van der Waals surface area (Å²) < 4.78 is 27.4. The van der Waals surface area contributed by atoms with Crippen molar-refractivity contribution in [3.63, 3.8) is 0 Å². The number of ketones is 1. The Balaban J connectivity index is 2.67. The molecule has 0 radical (unpaired) electrons. The van der Waals surface area contributed by atoms with E-state index in [1.807, 2.05) is 37.3 Å². The van der Waals surface area contributed by atoms with Crippen molar-refractivity contribution < 1.29 is 33.3 Å². The lowest BCUT2D eigenvalue weighted by molar-refractivity contribution is -0.149. The maximum atomic E-state index is 12.9. The van der Waals surface area contributed by atoms with Crippen molar-refractivity contribution in [1.82, 2.24) is 0 Å². The van der Waals surface area contributed by atoms with E-state index in [0.29, 0.717) is 23.7 Å². The van der Waals surface area contributed by atoms with E-state index in [0.717, 1.165) is 5.56 Å². The van der Waals surface area contributed by atoms with Gasteiger partial charge in [-0.1, -0.05) is 30.3 Å². The molecule has 7 nitrogen and oxygen atoms in total. The zero-order valence-electron chi connectivity index (χ0n) is 18.0. The monoisotopic (exact) mass is 416 g/mol. The first-order chi connectivity index (χ1) is 14.5. The Hall–Kier alpha value is -2.90. The number of carbonyl (C=O) groups excluding carboxylic acids is 2. The van der Waals surface area contributed by atoms with Crippen LogP contribution in [0.3, 0.4) is 0 Å². The standard InChI is InChI=1S/C23H28O7/c1-6-28-15(3)30-22(16-11-9-8-10-12-16)18-14-20(27-5)19(26-4)13-17(18)21(24)23(25)29-7-2/h8-15,22H,6-7H2,1-5H3. The van der Waals surface area contributed by atoms with Gasteiger partial charge in [0.25, 0.3) is 5.78 Å². The molecule has 0 heterocycles. The zero-order chi connectivity index (χ0) is 22.1. The smallest absolute Gasteiger partial charge is 0.379 e. The van der Waals surface area contributed by atoms with Crippen molar-refractivity contribution in [2.45, 2.75) is 33.2 Å². The number of Topliss-reactive ketones (excluding diaryl/α,β-unsaturated/α-hetero) is 1. The Morgan fingerprint density at radius 3 is 2.13 bits per heavy atom. The molecule has 0 aliphatic carbocycles. The van der Waals surface area contributed by atoms with Crippen molar-refractivity contribution in [2.75, 3.05) is 27.4 Å². The van der Waals surface area contributed by atoms with Gasteiger partial charge >= 0.3 is 5.97 Å². The third-order valence-electron chi connectivity index (χ3n) is 4.38. The highest BCUT2D eigenvalue weighted by molar-refractivity contribution is 6.41. The predicted octanol–water partition coefficient (Wildman–Crippen LogP) is 3.94. The summed E-state index contributed by atoms with van der Waals surface area (Å²) in [4.78, 5) is 25.1. The van der Waals surface area contributed by atoms with Crippen molar-refractivity contribution in [3.8, 4) is 11.5 Å². The highest BCUT2D eigenvalue weighted by atomic mass is 16.7. The normalized spacial score (nSPS) is 12.7. The molecule has 0 saturated heterocycles. The van der Waals surface area contributed by atoms with Gasteiger partial charge in [-0.3, -0.25) is 4.79 Å². The van der Waals surface area contributed by atoms with Crippen LogP contribution in [0.1, 0.15) is 48.4 Å². The van der Waals surface area contributed by atoms with E-state index in [2.05, 4.69) is 0 Å². The Morgan fingerprint density at radius 1 is 0.933 bits per heavy atom. The van der Waals surface area contributed by atoms with Gasteiger partial charge in [0.2, 0.25) is 0 Å². The van der Waals surface area contributed by atoms with Gasteiger partial charge in [-0.05, 0) is 38.5 Å². The highest BCUT2D eigenvalue weighted by Gasteiger charge is 2.29. The number of carbonyl (C=O) groups is 2. The van der Waals surface area contributed by atoms with Gasteiger partial charge in [-0.2, -0.15) is 0 Å². The molecule has 0 amide bonds. The minimum absolute atomic E-state index is 0.0905. The summed E-state index contributed by atoms with van der Waals surface area (Å²) in [5.41, 5.74) is 1.35. The van der Waals surface area contributed by atoms with Crippen LogP contribution < -0.4 is 9.47 Å². The molecule has 0 bridgehead atoms. The van der Waals surface area contributed by atoms with Gasteiger partial charge in [0, 0.05) is 17.7 Å². The summed E-state index contributed by atoms with van der Waals surface area (Å²) in [6.45, 7) is 5.83. The van der Waals surface area contributed by atoms with E-state index in [1.54, 1.807) is 19.9 Å². The minimum atomic E-state index is -0.948. The zero-order valence-corrected chi connectivity index (χ0v) is 18.0. The van der Waals surface area contributed by atoms with Crippen LogP contribution >= 0.6 is 0 Å². The molecule has 2 aromatic rings. The van der Waals surface area contributed by atoms with Crippen molar-refractivity contribution in [1.29, 1.82) is 0 Å². The van der Waals surface area contributed by atoms with Crippen LogP contribution in [0.25, 0.3) is 0 Å². The lowest BCUT2D eigenvalue weighted by Crippen LogP contribution is -2.23. The van der Waals surface area contributed by atoms with Gasteiger partial charge in [-0.25, -0.2) is 4.79 Å². The molecule has 2 rings (SSSR count). The molecule has 2 atom stereocenters. The number of benzene rings is 2. The predicted molar refractivity (Wildman–Crippen MR) is 111 cm³/mol. The summed E-state index contributed by atoms with van der Waals surface area (Å²) in [6, 6.07) is 12.5. The largest absolute Gasteiger partial charge is 0.493 e. The topological polar surface area (TPSA) is 80.3 Å². The van der Waals surface area contributed by atoms with E-state index in [9.17, 15) is 9.59 Å². The molecule has 0 spiro atoms. The molecular formula is C23H28O7. The number of ether oxygens (including phenoxy) is 5. The molecule has 2 aromatic carbocycles. The van der Waals surface area contributed by atoms with E-state index < -0.39 is 24.1 Å². The lowest BCUT2D eigenvalue weighted by Gasteiger charge is -2.25. The van der Waals surface area contributed by atoms with Crippen molar-refractivity contribution in [2.24, 2.45) is 0 Å². The Bertz CT molecular complexity index is 848. The second-order valence-electron chi connectivity index (χ2n) is 6.29. The summed E-state index contributed by atoms with van der Waals surface area (Å²) in [5, 5.41) is 0. The molecule has 0 fully saturated rings. The SMILES string of the molecule is CCOC(=O)C(=O)c1cc(OC)c(OC)cc1C(OC(C)OCC)c1ccccc1. The van der Waals surface area contributed by atoms with Gasteiger partial charge in [0.15, 0.2) is 17.8 Å². The fraction of sp³-hybridized carbons (Fsp3) is 0.391. The first-order valence-corrected chi connectivity index (χ1v) is 9.76. The molecule has 0 saturated carbocycles. The quantitative estimate of drug-likeness (QED) is 0.238. The Labute approximate surface area is 176 Å². The molecule has 7 heteroatoms. The molecule has 2 unspecified atom stereocenters. The molecule has 0 aromatic heterocycles. The van der Waals surface area contributed by atoms with Crippen molar-refractivity contribution in [3.05, 3.63) is 59.2 Å². The number of methoxy groups -OCH3 is 2. The summed E-state index contributed by atoms with van der Waals surface area (Å²) >= 11 is 0. The second kappa shape index (κ2) is 11.3. The van der Waals surface area contributed by atoms with E-state index >= 15 is 0 Å². The van der Waals surface area contributed by atoms with Gasteiger partial charge < -0.3 is 23.7 Å². The van der Waals surface area contributed by atoms with E-state index in [1.165, 1.54) is 20.3 Å². The summed E-state index contributed by atoms with van der Waals surface area (Å²) in [5.74, 6) is -1.02. The lowest BCUT2D eigenvalue weighted by atomic mass is 9.93. The fourth-order valence-electron chi connectivity index (χ4n) is 3.04. The fourth-order valence-corrected chi connectivity index (χ4v) is 3.04. The number of esters is 1. The molecule has 0 N–H and O–H groups in total. The first-order valence-electron chi connectivity index (χ1n) is 9.76. The van der Waals surface area contributed by atoms with Crippen LogP contribution in [0.15, 0.2) is 42.5 Å². The first kappa shape index (κ1) is 23.4.